The molecule has 1 atom stereocenters. The van der Waals surface area contributed by atoms with E-state index in [2.05, 4.69) is 4.98 Å². The molecule has 2 N–H and O–H groups in total. The number of amides is 2. The first-order valence-electron chi connectivity index (χ1n) is 8.43. The lowest BCUT2D eigenvalue weighted by Crippen LogP contribution is -2.51. The molecule has 2 heterocycles. The van der Waals surface area contributed by atoms with Gasteiger partial charge in [-0.1, -0.05) is 23.7 Å². The van der Waals surface area contributed by atoms with Gasteiger partial charge in [0.1, 0.15) is 11.0 Å². The molecule has 0 radical (unpaired) electrons. The van der Waals surface area contributed by atoms with Crippen LogP contribution in [0.25, 0.3) is 10.6 Å². The lowest BCUT2D eigenvalue weighted by molar-refractivity contribution is -0.143. The molecule has 0 aliphatic carbocycles. The molecule has 1 aromatic carbocycles. The minimum Gasteiger partial charge on any atom is -0.451 e. The van der Waals surface area contributed by atoms with E-state index < -0.39 is 30.4 Å². The van der Waals surface area contributed by atoms with Crippen molar-refractivity contribution in [2.24, 2.45) is 5.73 Å². The average molecular weight is 408 g/mol. The van der Waals surface area contributed by atoms with Gasteiger partial charge in [-0.2, -0.15) is 0 Å². The van der Waals surface area contributed by atoms with Crippen molar-refractivity contribution in [3.05, 3.63) is 40.4 Å². The van der Waals surface area contributed by atoms with E-state index >= 15 is 0 Å². The quantitative estimate of drug-likeness (QED) is 0.767. The highest BCUT2D eigenvalue weighted by Crippen LogP contribution is 2.26. The summed E-state index contributed by atoms with van der Waals surface area (Å²) in [5.74, 6) is -1.67. The summed E-state index contributed by atoms with van der Waals surface area (Å²) >= 11 is 7.25. The summed E-state index contributed by atoms with van der Waals surface area (Å²) in [5, 5.41) is 2.76. The van der Waals surface area contributed by atoms with Crippen LogP contribution in [0.3, 0.4) is 0 Å². The smallest absolute Gasteiger partial charge is 0.358 e. The highest BCUT2D eigenvalue weighted by Gasteiger charge is 2.31. The van der Waals surface area contributed by atoms with Crippen molar-refractivity contribution in [1.82, 2.24) is 9.88 Å². The Kier molecular flexibility index (Phi) is 6.08. The largest absolute Gasteiger partial charge is 0.451 e. The van der Waals surface area contributed by atoms with Gasteiger partial charge < -0.3 is 15.4 Å². The van der Waals surface area contributed by atoms with Crippen molar-refractivity contribution in [1.29, 1.82) is 0 Å². The molecule has 3 rings (SSSR count). The number of piperidine rings is 1. The van der Waals surface area contributed by atoms with E-state index in [1.807, 2.05) is 6.07 Å². The van der Waals surface area contributed by atoms with Crippen molar-refractivity contribution in [2.45, 2.75) is 25.3 Å². The van der Waals surface area contributed by atoms with E-state index in [-0.39, 0.29) is 5.69 Å². The number of carbonyl (C=O) groups excluding carboxylic acids is 3. The van der Waals surface area contributed by atoms with E-state index in [0.29, 0.717) is 23.0 Å². The van der Waals surface area contributed by atoms with Crippen molar-refractivity contribution in [2.75, 3.05) is 13.2 Å². The van der Waals surface area contributed by atoms with Crippen LogP contribution in [-0.4, -0.2) is 46.9 Å². The Labute approximate surface area is 165 Å². The fraction of sp³-hybridized carbons (Fsp3) is 0.333. The molecular weight excluding hydrogens is 390 g/mol. The summed E-state index contributed by atoms with van der Waals surface area (Å²) in [6, 6.07) is 6.49. The zero-order valence-corrected chi connectivity index (χ0v) is 16.0. The Morgan fingerprint density at radius 1 is 1.33 bits per heavy atom. The number of carbonyl (C=O) groups is 3. The first kappa shape index (κ1) is 19.3. The number of thiazole rings is 1. The molecular formula is C18H18ClN3O4S. The number of aromatic nitrogens is 1. The molecule has 1 fully saturated rings. The van der Waals surface area contributed by atoms with Gasteiger partial charge in [0.05, 0.1) is 0 Å². The second kappa shape index (κ2) is 8.49. The molecule has 1 aliphatic heterocycles. The van der Waals surface area contributed by atoms with E-state index in [9.17, 15) is 14.4 Å². The van der Waals surface area contributed by atoms with E-state index in [1.165, 1.54) is 16.2 Å². The van der Waals surface area contributed by atoms with Crippen LogP contribution in [0.2, 0.25) is 5.02 Å². The first-order chi connectivity index (χ1) is 13.0. The van der Waals surface area contributed by atoms with Crippen molar-refractivity contribution in [3.63, 3.8) is 0 Å². The van der Waals surface area contributed by atoms with Crippen LogP contribution in [0, 0.1) is 0 Å². The zero-order chi connectivity index (χ0) is 19.4. The normalized spacial score (nSPS) is 16.8. The molecule has 2 aromatic rings. The maximum atomic E-state index is 12.3. The molecule has 142 valence electrons. The molecule has 0 bridgehead atoms. The number of likely N-dealkylation sites (tertiary alicyclic amines) is 1. The minimum absolute atomic E-state index is 0.118. The Balaban J connectivity index is 1.61. The Morgan fingerprint density at radius 2 is 2.15 bits per heavy atom. The van der Waals surface area contributed by atoms with Gasteiger partial charge in [-0.15, -0.1) is 11.3 Å². The summed E-state index contributed by atoms with van der Waals surface area (Å²) in [5.41, 5.74) is 6.26. The molecule has 9 heteroatoms. The number of hydrogen-bond donors (Lipinski definition) is 1. The number of benzene rings is 1. The van der Waals surface area contributed by atoms with Crippen molar-refractivity contribution >= 4 is 40.7 Å². The SMILES string of the molecule is NC(=O)[C@H]1CCCCN1C(=O)COC(=O)c1csc(-c2cccc(Cl)c2)n1. The van der Waals surface area contributed by atoms with Gasteiger partial charge in [0.15, 0.2) is 12.3 Å². The molecule has 2 amide bonds. The van der Waals surface area contributed by atoms with Crippen LogP contribution in [0.5, 0.6) is 0 Å². The van der Waals surface area contributed by atoms with Gasteiger partial charge in [0.2, 0.25) is 5.91 Å². The first-order valence-corrected chi connectivity index (χ1v) is 9.69. The van der Waals surface area contributed by atoms with E-state index in [1.54, 1.807) is 23.6 Å². The van der Waals surface area contributed by atoms with Gasteiger partial charge in [-0.25, -0.2) is 9.78 Å². The van der Waals surface area contributed by atoms with Crippen LogP contribution in [0.1, 0.15) is 29.8 Å². The van der Waals surface area contributed by atoms with Gasteiger partial charge in [0.25, 0.3) is 5.91 Å². The second-order valence-electron chi connectivity index (χ2n) is 6.13. The molecule has 0 saturated carbocycles. The highest BCUT2D eigenvalue weighted by molar-refractivity contribution is 7.13. The number of nitrogens with two attached hydrogens (primary N) is 1. The molecule has 27 heavy (non-hydrogen) atoms. The topological polar surface area (TPSA) is 103 Å². The average Bonchev–Trinajstić information content (AvgIpc) is 3.16. The summed E-state index contributed by atoms with van der Waals surface area (Å²) in [7, 11) is 0. The zero-order valence-electron chi connectivity index (χ0n) is 14.4. The number of esters is 1. The third-order valence-corrected chi connectivity index (χ3v) is 5.39. The summed E-state index contributed by atoms with van der Waals surface area (Å²) in [6.07, 6.45) is 2.16. The lowest BCUT2D eigenvalue weighted by atomic mass is 10.0. The summed E-state index contributed by atoms with van der Waals surface area (Å²) in [4.78, 5) is 41.6. The van der Waals surface area contributed by atoms with Gasteiger partial charge in [-0.3, -0.25) is 9.59 Å². The van der Waals surface area contributed by atoms with Crippen molar-refractivity contribution < 1.29 is 19.1 Å². The lowest BCUT2D eigenvalue weighted by Gasteiger charge is -2.33. The predicted octanol–water partition coefficient (Wildman–Crippen LogP) is 2.49. The minimum atomic E-state index is -0.694. The Morgan fingerprint density at radius 3 is 2.89 bits per heavy atom. The van der Waals surface area contributed by atoms with Crippen LogP contribution in [-0.2, 0) is 14.3 Å². The monoisotopic (exact) mass is 407 g/mol. The number of rotatable bonds is 5. The maximum Gasteiger partial charge on any atom is 0.358 e. The fourth-order valence-electron chi connectivity index (χ4n) is 2.93. The summed E-state index contributed by atoms with van der Waals surface area (Å²) < 4.78 is 5.08. The maximum absolute atomic E-state index is 12.3. The van der Waals surface area contributed by atoms with Crippen molar-refractivity contribution in [3.8, 4) is 10.6 Å². The fourth-order valence-corrected chi connectivity index (χ4v) is 3.91. The molecule has 7 nitrogen and oxygen atoms in total. The number of halogens is 1. The third-order valence-electron chi connectivity index (χ3n) is 4.26. The number of hydrogen-bond acceptors (Lipinski definition) is 6. The van der Waals surface area contributed by atoms with E-state index in [4.69, 9.17) is 22.1 Å². The number of primary amides is 1. The molecule has 0 unspecified atom stereocenters. The van der Waals surface area contributed by atoms with Crippen LogP contribution >= 0.6 is 22.9 Å². The molecule has 1 aliphatic rings. The van der Waals surface area contributed by atoms with Gasteiger partial charge in [0, 0.05) is 22.5 Å². The van der Waals surface area contributed by atoms with Crippen LogP contribution in [0.4, 0.5) is 0 Å². The molecule has 1 aromatic heterocycles. The number of nitrogens with zero attached hydrogens (tertiary/aromatic N) is 2. The Hall–Kier alpha value is -2.45. The number of ether oxygens (including phenoxy) is 1. The van der Waals surface area contributed by atoms with Gasteiger partial charge in [-0.05, 0) is 31.4 Å². The summed E-state index contributed by atoms with van der Waals surface area (Å²) in [6.45, 7) is -0.0216. The molecule has 1 saturated heterocycles. The van der Waals surface area contributed by atoms with E-state index in [0.717, 1.165) is 18.4 Å². The molecule has 0 spiro atoms. The standard InChI is InChI=1S/C18H18ClN3O4S/c19-12-5-3-4-11(8-12)17-21-13(10-27-17)18(25)26-9-15(23)22-7-2-1-6-14(22)16(20)24/h3-5,8,10,14H,1-2,6-7,9H2,(H2,20,24)/t14-/m1/s1. The second-order valence-corrected chi connectivity index (χ2v) is 7.42. The van der Waals surface area contributed by atoms with Crippen LogP contribution in [0.15, 0.2) is 29.6 Å². The van der Waals surface area contributed by atoms with Crippen LogP contribution < -0.4 is 5.73 Å². The van der Waals surface area contributed by atoms with Gasteiger partial charge >= 0.3 is 5.97 Å². The third kappa shape index (κ3) is 4.64. The Bertz CT molecular complexity index is 870. The predicted molar refractivity (Wildman–Crippen MR) is 101 cm³/mol. The highest BCUT2D eigenvalue weighted by atomic mass is 35.5.